The Labute approximate surface area is 194 Å². The van der Waals surface area contributed by atoms with Crippen LogP contribution in [0.3, 0.4) is 0 Å². The largest absolute Gasteiger partial charge is 0.493 e. The fraction of sp³-hybridized carbons (Fsp3) is 0.370. The zero-order chi connectivity index (χ0) is 22.7. The predicted octanol–water partition coefficient (Wildman–Crippen LogP) is 7.31. The molecule has 32 heavy (non-hydrogen) atoms. The molecule has 2 aromatic carbocycles. The molecule has 0 saturated heterocycles. The van der Waals surface area contributed by atoms with Crippen molar-refractivity contribution in [2.45, 2.75) is 58.9 Å². The Morgan fingerprint density at radius 2 is 1.94 bits per heavy atom. The van der Waals surface area contributed by atoms with Crippen LogP contribution in [0, 0.1) is 6.92 Å². The van der Waals surface area contributed by atoms with Crippen LogP contribution >= 0.6 is 11.6 Å². The van der Waals surface area contributed by atoms with Gasteiger partial charge in [-0.15, -0.1) is 0 Å². The average molecular weight is 452 g/mol. The molecule has 1 fully saturated rings. The summed E-state index contributed by atoms with van der Waals surface area (Å²) in [6.45, 7) is 6.46. The minimum atomic E-state index is -0.0419. The van der Waals surface area contributed by atoms with Crippen LogP contribution in [0.5, 0.6) is 5.75 Å². The summed E-state index contributed by atoms with van der Waals surface area (Å²) in [5.41, 5.74) is 5.52. The first kappa shape index (κ1) is 22.5. The van der Waals surface area contributed by atoms with Gasteiger partial charge < -0.3 is 14.5 Å². The first-order valence-corrected chi connectivity index (χ1v) is 11.8. The van der Waals surface area contributed by atoms with Crippen LogP contribution in [0.2, 0.25) is 5.02 Å². The summed E-state index contributed by atoms with van der Waals surface area (Å²) in [4.78, 5) is 12.7. The molecule has 1 amide bonds. The highest BCUT2D eigenvalue weighted by Crippen LogP contribution is 2.41. The Morgan fingerprint density at radius 3 is 2.62 bits per heavy atom. The second kappa shape index (κ2) is 9.83. The van der Waals surface area contributed by atoms with Crippen LogP contribution < -0.4 is 10.1 Å². The molecule has 1 saturated carbocycles. The number of ether oxygens (including phenoxy) is 1. The number of hydrogen-bond acceptors (Lipinski definition) is 3. The lowest BCUT2D eigenvalue weighted by Gasteiger charge is -2.22. The number of aryl methyl sites for hydroxylation is 1. The van der Waals surface area contributed by atoms with Crippen LogP contribution in [0.4, 0.5) is 0 Å². The van der Waals surface area contributed by atoms with Gasteiger partial charge in [0.25, 0.3) is 0 Å². The first-order valence-electron chi connectivity index (χ1n) is 11.4. The van der Waals surface area contributed by atoms with Crippen molar-refractivity contribution < 1.29 is 13.9 Å². The van der Waals surface area contributed by atoms with Crippen LogP contribution in [-0.4, -0.2) is 18.6 Å². The Morgan fingerprint density at radius 1 is 1.22 bits per heavy atom. The smallest absolute Gasteiger partial charge is 0.244 e. The molecular formula is C27H30ClNO3. The molecule has 0 aliphatic heterocycles. The van der Waals surface area contributed by atoms with Crippen molar-refractivity contribution in [3.63, 3.8) is 0 Å². The van der Waals surface area contributed by atoms with Crippen molar-refractivity contribution in [1.82, 2.24) is 5.32 Å². The molecule has 5 heteroatoms. The fourth-order valence-corrected chi connectivity index (χ4v) is 4.68. The van der Waals surface area contributed by atoms with Gasteiger partial charge >= 0.3 is 0 Å². The predicted molar refractivity (Wildman–Crippen MR) is 131 cm³/mol. The topological polar surface area (TPSA) is 51.5 Å². The fourth-order valence-electron chi connectivity index (χ4n) is 4.56. The van der Waals surface area contributed by atoms with Gasteiger partial charge in [-0.3, -0.25) is 4.79 Å². The molecule has 0 spiro atoms. The SMILES string of the molecule is CCOc1c(/C(C)=C/C(=O)NC2CCCCC2)cc2c(-c3ccc(Cl)cc3)coc2c1C. The minimum absolute atomic E-state index is 0.0419. The Bertz CT molecular complexity index is 1140. The number of rotatable bonds is 6. The van der Waals surface area contributed by atoms with Gasteiger partial charge in [0.15, 0.2) is 0 Å². The maximum absolute atomic E-state index is 12.7. The molecule has 168 valence electrons. The molecule has 1 aliphatic carbocycles. The highest BCUT2D eigenvalue weighted by atomic mass is 35.5. The monoisotopic (exact) mass is 451 g/mol. The lowest BCUT2D eigenvalue weighted by molar-refractivity contribution is -0.117. The van der Waals surface area contributed by atoms with Gasteiger partial charge in [-0.2, -0.15) is 0 Å². The van der Waals surface area contributed by atoms with Gasteiger partial charge in [-0.25, -0.2) is 0 Å². The third-order valence-corrected chi connectivity index (χ3v) is 6.46. The highest BCUT2D eigenvalue weighted by Gasteiger charge is 2.20. The van der Waals surface area contributed by atoms with Gasteiger partial charge in [0.05, 0.1) is 12.9 Å². The zero-order valence-electron chi connectivity index (χ0n) is 19.0. The molecule has 0 bridgehead atoms. The molecule has 1 aromatic heterocycles. The van der Waals surface area contributed by atoms with Crippen LogP contribution in [0.25, 0.3) is 27.7 Å². The van der Waals surface area contributed by atoms with Crippen molar-refractivity contribution in [3.05, 3.63) is 58.8 Å². The molecule has 1 heterocycles. The van der Waals surface area contributed by atoms with E-state index in [9.17, 15) is 4.79 Å². The van der Waals surface area contributed by atoms with Crippen molar-refractivity contribution in [2.75, 3.05) is 6.61 Å². The van der Waals surface area contributed by atoms with E-state index >= 15 is 0 Å². The van der Waals surface area contributed by atoms with E-state index in [1.807, 2.05) is 45.0 Å². The zero-order valence-corrected chi connectivity index (χ0v) is 19.7. The van der Waals surface area contributed by atoms with E-state index in [4.69, 9.17) is 20.8 Å². The Balaban J connectivity index is 1.74. The number of fused-ring (bicyclic) bond motifs is 1. The average Bonchev–Trinajstić information content (AvgIpc) is 3.21. The lowest BCUT2D eigenvalue weighted by atomic mass is 9.95. The summed E-state index contributed by atoms with van der Waals surface area (Å²) in [6.07, 6.45) is 9.23. The van der Waals surface area contributed by atoms with E-state index in [1.165, 1.54) is 19.3 Å². The second-order valence-corrected chi connectivity index (χ2v) is 8.95. The third kappa shape index (κ3) is 4.71. The van der Waals surface area contributed by atoms with Crippen molar-refractivity contribution >= 4 is 34.1 Å². The summed E-state index contributed by atoms with van der Waals surface area (Å²) in [5.74, 6) is 0.718. The van der Waals surface area contributed by atoms with Gasteiger partial charge in [-0.05, 0) is 62.9 Å². The highest BCUT2D eigenvalue weighted by molar-refractivity contribution is 6.30. The van der Waals surface area contributed by atoms with E-state index < -0.39 is 0 Å². The summed E-state index contributed by atoms with van der Waals surface area (Å²) in [5, 5.41) is 4.86. The van der Waals surface area contributed by atoms with Gasteiger partial charge in [-0.1, -0.05) is 43.0 Å². The van der Waals surface area contributed by atoms with Gasteiger partial charge in [0, 0.05) is 39.2 Å². The number of hydrogen-bond donors (Lipinski definition) is 1. The Hall–Kier alpha value is -2.72. The quantitative estimate of drug-likeness (QED) is 0.399. The molecule has 0 radical (unpaired) electrons. The molecule has 4 rings (SSSR count). The summed E-state index contributed by atoms with van der Waals surface area (Å²) in [7, 11) is 0. The molecule has 1 aliphatic rings. The van der Waals surface area contributed by atoms with Gasteiger partial charge in [0.2, 0.25) is 5.91 Å². The number of benzene rings is 2. The number of halogens is 1. The molecule has 0 atom stereocenters. The Kier molecular flexibility index (Phi) is 6.90. The van der Waals surface area contributed by atoms with Gasteiger partial charge in [0.1, 0.15) is 11.3 Å². The number of furan rings is 1. The molecule has 0 unspecified atom stereocenters. The lowest BCUT2D eigenvalue weighted by Crippen LogP contribution is -2.35. The summed E-state index contributed by atoms with van der Waals surface area (Å²) in [6, 6.07) is 10.1. The third-order valence-electron chi connectivity index (χ3n) is 6.21. The van der Waals surface area contributed by atoms with Crippen LogP contribution in [0.15, 0.2) is 47.1 Å². The van der Waals surface area contributed by atoms with E-state index in [2.05, 4.69) is 11.4 Å². The van der Waals surface area contributed by atoms with E-state index in [0.29, 0.717) is 11.6 Å². The van der Waals surface area contributed by atoms with Crippen molar-refractivity contribution in [1.29, 1.82) is 0 Å². The minimum Gasteiger partial charge on any atom is -0.493 e. The number of carbonyl (C=O) groups excluding carboxylic acids is 1. The van der Waals surface area contributed by atoms with E-state index in [0.717, 1.165) is 57.4 Å². The molecule has 3 aromatic rings. The number of amides is 1. The summed E-state index contributed by atoms with van der Waals surface area (Å²) < 4.78 is 12.0. The normalized spacial score (nSPS) is 15.2. The maximum Gasteiger partial charge on any atom is 0.244 e. The molecule has 4 nitrogen and oxygen atoms in total. The second-order valence-electron chi connectivity index (χ2n) is 8.52. The van der Waals surface area contributed by atoms with E-state index in [-0.39, 0.29) is 11.9 Å². The van der Waals surface area contributed by atoms with Crippen molar-refractivity contribution in [2.24, 2.45) is 0 Å². The molecule has 1 N–H and O–H groups in total. The van der Waals surface area contributed by atoms with Crippen LogP contribution in [0.1, 0.15) is 57.1 Å². The number of nitrogens with one attached hydrogen (secondary N) is 1. The number of carbonyl (C=O) groups is 1. The first-order chi connectivity index (χ1) is 15.5. The van der Waals surface area contributed by atoms with Crippen LogP contribution in [-0.2, 0) is 4.79 Å². The number of allylic oxidation sites excluding steroid dienone is 1. The maximum atomic E-state index is 12.7. The van der Waals surface area contributed by atoms with E-state index in [1.54, 1.807) is 12.3 Å². The van der Waals surface area contributed by atoms with Crippen molar-refractivity contribution in [3.8, 4) is 16.9 Å². The standard InChI is InChI=1S/C27H30ClNO3/c1-4-31-26-18(3)27-23(24(16-32-27)19-10-12-20(28)13-11-19)15-22(26)17(2)14-25(30)29-21-8-6-5-7-9-21/h10-16,21H,4-9H2,1-3H3,(H,29,30)/b17-14+. The summed E-state index contributed by atoms with van der Waals surface area (Å²) >= 11 is 6.07. The molecular weight excluding hydrogens is 422 g/mol.